The fourth-order valence-electron chi connectivity index (χ4n) is 0.573. The van der Waals surface area contributed by atoms with Gasteiger partial charge < -0.3 is 15.7 Å². The number of hydrogen-bond donors (Lipinski definition) is 3. The molecule has 3 N–H and O–H groups in total. The summed E-state index contributed by atoms with van der Waals surface area (Å²) in [6, 6.07) is 0. The molecule has 0 aromatic carbocycles. The molecule has 0 aromatic heterocycles. The van der Waals surface area contributed by atoms with Crippen molar-refractivity contribution in [3.05, 3.63) is 12.3 Å². The Morgan fingerprint density at radius 3 is 3.11 bits per heavy atom. The van der Waals surface area contributed by atoms with Gasteiger partial charge >= 0.3 is 0 Å². The first-order valence-corrected chi connectivity index (χ1v) is 2.69. The molecule has 0 saturated carbocycles. The largest absolute Gasteiger partial charge is 0.373 e. The molecule has 0 aromatic rings. The predicted molar refractivity (Wildman–Crippen MR) is 34.8 cm³/mol. The molecular weight excluding hydrogens is 118 g/mol. The van der Waals surface area contributed by atoms with Gasteiger partial charge in [-0.3, -0.25) is 0 Å². The van der Waals surface area contributed by atoms with Gasteiger partial charge in [0.25, 0.3) is 0 Å². The van der Waals surface area contributed by atoms with Crippen LogP contribution in [-0.2, 0) is 0 Å². The van der Waals surface area contributed by atoms with E-state index in [-0.39, 0.29) is 0 Å². The molecule has 0 saturated heterocycles. The van der Waals surface area contributed by atoms with Crippen LogP contribution in [0.15, 0.2) is 17.3 Å². The molecule has 1 aliphatic heterocycles. The van der Waals surface area contributed by atoms with Gasteiger partial charge in [-0.2, -0.15) is 0 Å². The number of nitrogens with zero attached hydrogens (tertiary/aromatic N) is 1. The van der Waals surface area contributed by atoms with E-state index in [4.69, 9.17) is 5.11 Å². The molecule has 1 rings (SSSR count). The van der Waals surface area contributed by atoms with E-state index < -0.39 is 6.35 Å². The highest BCUT2D eigenvalue weighted by molar-refractivity contribution is 5.93. The van der Waals surface area contributed by atoms with Crippen LogP contribution in [-0.4, -0.2) is 24.3 Å². The van der Waals surface area contributed by atoms with Gasteiger partial charge in [-0.15, -0.1) is 0 Å². The molecule has 1 aliphatic rings. The maximum absolute atomic E-state index is 8.82. The van der Waals surface area contributed by atoms with E-state index in [2.05, 4.69) is 15.6 Å². The van der Waals surface area contributed by atoms with Crippen molar-refractivity contribution in [2.24, 2.45) is 4.99 Å². The molecule has 1 atom stereocenters. The number of amidine groups is 1. The van der Waals surface area contributed by atoms with E-state index in [1.54, 1.807) is 19.3 Å². The first kappa shape index (κ1) is 6.10. The zero-order valence-corrected chi connectivity index (χ0v) is 5.13. The van der Waals surface area contributed by atoms with Gasteiger partial charge in [-0.05, 0) is 6.08 Å². The molecule has 4 nitrogen and oxygen atoms in total. The normalized spacial score (nSPS) is 24.7. The Balaban J connectivity index is 2.59. The molecule has 1 heterocycles. The summed E-state index contributed by atoms with van der Waals surface area (Å²) in [5.41, 5.74) is 0. The lowest BCUT2D eigenvalue weighted by molar-refractivity contribution is 0.162. The highest BCUT2D eigenvalue weighted by atomic mass is 16.3. The summed E-state index contributed by atoms with van der Waals surface area (Å²) in [6.45, 7) is 0. The number of aliphatic hydroxyl groups is 1. The average molecular weight is 127 g/mol. The molecule has 0 amide bonds. The Labute approximate surface area is 53.3 Å². The Bertz CT molecular complexity index is 152. The second-order valence-electron chi connectivity index (χ2n) is 1.64. The Kier molecular flexibility index (Phi) is 1.69. The van der Waals surface area contributed by atoms with Crippen molar-refractivity contribution < 1.29 is 5.11 Å². The van der Waals surface area contributed by atoms with E-state index in [1.165, 1.54) is 0 Å². The number of rotatable bonds is 0. The molecular formula is C5H9N3O. The molecule has 4 heteroatoms. The van der Waals surface area contributed by atoms with Gasteiger partial charge in [0.2, 0.25) is 6.35 Å². The van der Waals surface area contributed by atoms with Crippen molar-refractivity contribution in [2.75, 3.05) is 7.05 Å². The molecule has 1 unspecified atom stereocenters. The zero-order chi connectivity index (χ0) is 6.69. The van der Waals surface area contributed by atoms with Crippen molar-refractivity contribution in [2.45, 2.75) is 6.35 Å². The van der Waals surface area contributed by atoms with Crippen LogP contribution in [0.1, 0.15) is 0 Å². The molecule has 0 radical (unpaired) electrons. The second-order valence-corrected chi connectivity index (χ2v) is 1.64. The number of aliphatic imine (C=N–C) groups is 1. The van der Waals surface area contributed by atoms with Crippen molar-refractivity contribution in [3.63, 3.8) is 0 Å². The summed E-state index contributed by atoms with van der Waals surface area (Å²) < 4.78 is 0. The van der Waals surface area contributed by atoms with Crippen molar-refractivity contribution in [1.29, 1.82) is 0 Å². The van der Waals surface area contributed by atoms with Crippen LogP contribution >= 0.6 is 0 Å². The minimum Gasteiger partial charge on any atom is -0.373 e. The average Bonchev–Trinajstić information content (AvgIpc) is 1.88. The Hall–Kier alpha value is -1.03. The maximum atomic E-state index is 8.82. The van der Waals surface area contributed by atoms with Crippen LogP contribution < -0.4 is 10.6 Å². The lowest BCUT2D eigenvalue weighted by Gasteiger charge is -2.11. The SMILES string of the molecule is CNC1=NC(O)NC=C1. The standard InChI is InChI=1S/C5H9N3O/c1-6-4-2-3-7-5(9)8-4/h2-3,5,7,9H,1H3,(H,6,8). The summed E-state index contributed by atoms with van der Waals surface area (Å²) in [6.07, 6.45) is 2.59. The number of nitrogens with one attached hydrogen (secondary N) is 2. The fraction of sp³-hybridized carbons (Fsp3) is 0.400. The highest BCUT2D eigenvalue weighted by Crippen LogP contribution is 1.88. The van der Waals surface area contributed by atoms with Crippen LogP contribution in [0.5, 0.6) is 0 Å². The maximum Gasteiger partial charge on any atom is 0.224 e. The predicted octanol–water partition coefficient (Wildman–Crippen LogP) is -1.00. The van der Waals surface area contributed by atoms with Crippen molar-refractivity contribution >= 4 is 5.84 Å². The summed E-state index contributed by atoms with van der Waals surface area (Å²) >= 11 is 0. The lowest BCUT2D eigenvalue weighted by atomic mass is 10.5. The third-order valence-corrected chi connectivity index (χ3v) is 1.00. The van der Waals surface area contributed by atoms with E-state index in [9.17, 15) is 0 Å². The smallest absolute Gasteiger partial charge is 0.224 e. The third kappa shape index (κ3) is 1.43. The minimum atomic E-state index is -0.794. The van der Waals surface area contributed by atoms with Gasteiger partial charge in [0, 0.05) is 13.2 Å². The van der Waals surface area contributed by atoms with E-state index in [1.807, 2.05) is 0 Å². The molecule has 9 heavy (non-hydrogen) atoms. The fourth-order valence-corrected chi connectivity index (χ4v) is 0.573. The first-order valence-electron chi connectivity index (χ1n) is 2.69. The van der Waals surface area contributed by atoms with Gasteiger partial charge in [0.15, 0.2) is 0 Å². The molecule has 0 aliphatic carbocycles. The number of likely N-dealkylation sites (N-methyl/N-ethyl adjacent to an activating group) is 1. The summed E-state index contributed by atoms with van der Waals surface area (Å²) in [7, 11) is 1.75. The second kappa shape index (κ2) is 2.50. The number of aliphatic hydroxyl groups excluding tert-OH is 1. The van der Waals surface area contributed by atoms with E-state index in [0.29, 0.717) is 5.84 Å². The van der Waals surface area contributed by atoms with Gasteiger partial charge in [-0.1, -0.05) is 0 Å². The zero-order valence-electron chi connectivity index (χ0n) is 5.13. The quantitative estimate of drug-likeness (QED) is 0.391. The van der Waals surface area contributed by atoms with Crippen LogP contribution in [0.2, 0.25) is 0 Å². The summed E-state index contributed by atoms with van der Waals surface area (Å²) in [5, 5.41) is 14.2. The van der Waals surface area contributed by atoms with Gasteiger partial charge in [0.05, 0.1) is 0 Å². The molecule has 0 spiro atoms. The van der Waals surface area contributed by atoms with Crippen LogP contribution in [0.3, 0.4) is 0 Å². The summed E-state index contributed by atoms with van der Waals surface area (Å²) in [5.74, 6) is 0.682. The number of hydrogen-bond acceptors (Lipinski definition) is 4. The molecule has 0 bridgehead atoms. The monoisotopic (exact) mass is 127 g/mol. The van der Waals surface area contributed by atoms with Gasteiger partial charge in [0.1, 0.15) is 5.84 Å². The Morgan fingerprint density at radius 2 is 2.67 bits per heavy atom. The van der Waals surface area contributed by atoms with Crippen LogP contribution in [0, 0.1) is 0 Å². The molecule has 50 valence electrons. The topological polar surface area (TPSA) is 56.7 Å². The Morgan fingerprint density at radius 1 is 1.89 bits per heavy atom. The third-order valence-electron chi connectivity index (χ3n) is 1.00. The highest BCUT2D eigenvalue weighted by Gasteiger charge is 2.01. The lowest BCUT2D eigenvalue weighted by Crippen LogP contribution is -2.30. The molecule has 0 fully saturated rings. The van der Waals surface area contributed by atoms with Crippen LogP contribution in [0.4, 0.5) is 0 Å². The van der Waals surface area contributed by atoms with Crippen LogP contribution in [0.25, 0.3) is 0 Å². The van der Waals surface area contributed by atoms with E-state index in [0.717, 1.165) is 0 Å². The van der Waals surface area contributed by atoms with Crippen molar-refractivity contribution in [3.8, 4) is 0 Å². The van der Waals surface area contributed by atoms with E-state index >= 15 is 0 Å². The van der Waals surface area contributed by atoms with Crippen molar-refractivity contribution in [1.82, 2.24) is 10.6 Å². The minimum absolute atomic E-state index is 0.682. The first-order chi connectivity index (χ1) is 4.33. The summed E-state index contributed by atoms with van der Waals surface area (Å²) in [4.78, 5) is 3.76. The van der Waals surface area contributed by atoms with Gasteiger partial charge in [-0.25, -0.2) is 4.99 Å².